The molecule has 14 nitrogen and oxygen atoms in total. The molecule has 0 bridgehead atoms. The Labute approximate surface area is 326 Å². The lowest BCUT2D eigenvalue weighted by molar-refractivity contribution is -0.137. The molecule has 10 N–H and O–H groups in total. The highest BCUT2D eigenvalue weighted by atomic mass is 35.5. The van der Waals surface area contributed by atoms with Crippen LogP contribution in [0.4, 0.5) is 25.1 Å². The van der Waals surface area contributed by atoms with Crippen molar-refractivity contribution in [2.45, 2.75) is 32.6 Å². The molecule has 0 aliphatic carbocycles. The van der Waals surface area contributed by atoms with Crippen molar-refractivity contribution >= 4 is 80.6 Å². The second-order valence-corrected chi connectivity index (χ2v) is 13.3. The Morgan fingerprint density at radius 3 is 1.59 bits per heavy atom. The molecule has 0 spiro atoms. The number of aryl methyl sites for hydroxylation is 1. The van der Waals surface area contributed by atoms with Gasteiger partial charge in [0.05, 0.1) is 28.0 Å². The molecule has 0 aliphatic heterocycles. The number of nitrogens with two attached hydrogens (primary N) is 4. The van der Waals surface area contributed by atoms with Gasteiger partial charge in [0.25, 0.3) is 11.9 Å². The van der Waals surface area contributed by atoms with Crippen molar-refractivity contribution in [3.63, 3.8) is 0 Å². The number of carbonyl (C=O) groups is 2. The Balaban J connectivity index is 1.13. The van der Waals surface area contributed by atoms with Gasteiger partial charge in [0.15, 0.2) is 11.9 Å². The molecule has 56 heavy (non-hydrogen) atoms. The topological polar surface area (TPSA) is 239 Å². The van der Waals surface area contributed by atoms with E-state index >= 15 is 0 Å². The molecular weight excluding hydrogens is 772 g/mol. The second kappa shape index (κ2) is 16.0. The SMILES string of the molecule is Cc1cc(CNC(=O)CC(=O)NCc2ccc(-c3nc(N=C(N)N)nc4ccc(Cl)cc34)c(C(F)(F)F)c2)ccc1-c1nc(N=C(N)N)nc2ccc(Cl)cc12. The average Bonchev–Trinajstić information content (AvgIpc) is 3.12. The van der Waals surface area contributed by atoms with Crippen molar-refractivity contribution in [2.75, 3.05) is 0 Å². The zero-order valence-corrected chi connectivity index (χ0v) is 30.8. The highest BCUT2D eigenvalue weighted by Crippen LogP contribution is 2.40. The zero-order chi connectivity index (χ0) is 40.3. The third-order valence-corrected chi connectivity index (χ3v) is 8.71. The Kier molecular flexibility index (Phi) is 11.2. The van der Waals surface area contributed by atoms with Gasteiger partial charge >= 0.3 is 6.18 Å². The number of carbonyl (C=O) groups excluding carboxylic acids is 2. The van der Waals surface area contributed by atoms with E-state index in [0.717, 1.165) is 22.8 Å². The Morgan fingerprint density at radius 1 is 0.661 bits per heavy atom. The molecular formula is C37H31Cl2F3N12O2. The summed E-state index contributed by atoms with van der Waals surface area (Å²) in [5.74, 6) is -2.06. The number of alkyl halides is 3. The maximum absolute atomic E-state index is 14.5. The van der Waals surface area contributed by atoms with Gasteiger partial charge in [-0.2, -0.15) is 23.2 Å². The number of benzene rings is 4. The molecule has 19 heteroatoms. The number of nitrogens with one attached hydrogen (secondary N) is 2. The summed E-state index contributed by atoms with van der Waals surface area (Å²) in [4.78, 5) is 50.5. The Bertz CT molecular complexity index is 2590. The second-order valence-electron chi connectivity index (χ2n) is 12.4. The van der Waals surface area contributed by atoms with Crippen molar-refractivity contribution in [3.8, 4) is 22.5 Å². The first-order valence-electron chi connectivity index (χ1n) is 16.5. The van der Waals surface area contributed by atoms with Gasteiger partial charge in [0.1, 0.15) is 6.42 Å². The molecule has 0 aliphatic rings. The maximum Gasteiger partial charge on any atom is 0.417 e. The van der Waals surface area contributed by atoms with Crippen LogP contribution in [-0.4, -0.2) is 43.7 Å². The number of rotatable bonds is 10. The molecule has 0 unspecified atom stereocenters. The fourth-order valence-electron chi connectivity index (χ4n) is 5.83. The number of fused-ring (bicyclic) bond motifs is 2. The molecule has 2 amide bonds. The van der Waals surface area contributed by atoms with Crippen molar-refractivity contribution in [1.82, 2.24) is 30.6 Å². The van der Waals surface area contributed by atoms with Crippen LogP contribution in [0.15, 0.2) is 82.8 Å². The standard InChI is InChI=1S/C37H31Cl2F3N12O2/c1-17-10-18(2-6-22(17)31-24-12-20(38)4-8-27(24)49-35(51-31)53-33(43)44)15-47-29(55)14-30(56)48-16-19-3-7-23(26(11-19)37(40,41)42)32-25-13-21(39)5-9-28(25)50-36(52-32)54-34(45)46/h2-13H,14-16H2,1H3,(H,47,55)(H,48,56)(H4,43,44,49,51,53)(H4,45,46,50,52,54). The number of aromatic nitrogens is 4. The number of amides is 2. The lowest BCUT2D eigenvalue weighted by Gasteiger charge is -2.16. The van der Waals surface area contributed by atoms with Gasteiger partial charge in [-0.1, -0.05) is 53.5 Å². The highest BCUT2D eigenvalue weighted by molar-refractivity contribution is 6.31. The van der Waals surface area contributed by atoms with Gasteiger partial charge in [0.2, 0.25) is 11.8 Å². The van der Waals surface area contributed by atoms with Crippen LogP contribution in [0.2, 0.25) is 10.0 Å². The van der Waals surface area contributed by atoms with Crippen LogP contribution < -0.4 is 33.6 Å². The van der Waals surface area contributed by atoms with Gasteiger partial charge in [0, 0.05) is 45.0 Å². The number of guanidine groups is 2. The third kappa shape index (κ3) is 9.19. The molecule has 0 fully saturated rings. The first kappa shape index (κ1) is 39.1. The number of halogens is 5. The molecule has 286 valence electrons. The molecule has 6 rings (SSSR count). The van der Waals surface area contributed by atoms with E-state index in [1.54, 1.807) is 24.3 Å². The smallest absolute Gasteiger partial charge is 0.370 e. The van der Waals surface area contributed by atoms with E-state index in [9.17, 15) is 22.8 Å². The molecule has 0 radical (unpaired) electrons. The third-order valence-electron chi connectivity index (χ3n) is 8.24. The summed E-state index contributed by atoms with van der Waals surface area (Å²) >= 11 is 12.4. The van der Waals surface area contributed by atoms with Crippen LogP contribution in [0, 0.1) is 6.92 Å². The van der Waals surface area contributed by atoms with E-state index in [0.29, 0.717) is 21.6 Å². The number of nitrogens with zero attached hydrogens (tertiary/aromatic N) is 6. The largest absolute Gasteiger partial charge is 0.417 e. The first-order chi connectivity index (χ1) is 26.5. The fourth-order valence-corrected chi connectivity index (χ4v) is 6.18. The summed E-state index contributed by atoms with van der Waals surface area (Å²) < 4.78 is 43.4. The van der Waals surface area contributed by atoms with Crippen molar-refractivity contribution in [2.24, 2.45) is 32.9 Å². The van der Waals surface area contributed by atoms with E-state index in [4.69, 9.17) is 46.1 Å². The Hall–Kier alpha value is -6.59. The predicted molar refractivity (Wildman–Crippen MR) is 209 cm³/mol. The maximum atomic E-state index is 14.5. The summed E-state index contributed by atoms with van der Waals surface area (Å²) in [6.45, 7) is 1.66. The number of aliphatic imine (C=N–C) groups is 2. The fraction of sp³-hybridized carbons (Fsp3) is 0.135. The van der Waals surface area contributed by atoms with Crippen LogP contribution in [0.25, 0.3) is 44.3 Å². The lowest BCUT2D eigenvalue weighted by atomic mass is 9.98. The van der Waals surface area contributed by atoms with Crippen LogP contribution in [0.1, 0.15) is 28.7 Å². The van der Waals surface area contributed by atoms with Gasteiger partial charge in [-0.3, -0.25) is 9.59 Å². The van der Waals surface area contributed by atoms with E-state index in [1.165, 1.54) is 30.3 Å². The van der Waals surface area contributed by atoms with E-state index in [1.807, 2.05) is 19.1 Å². The summed E-state index contributed by atoms with van der Waals surface area (Å²) in [7, 11) is 0. The van der Waals surface area contributed by atoms with Crippen molar-refractivity contribution in [1.29, 1.82) is 0 Å². The average molecular weight is 804 g/mol. The summed E-state index contributed by atoms with van der Waals surface area (Å²) in [6.07, 6.45) is -5.39. The van der Waals surface area contributed by atoms with Crippen LogP contribution in [-0.2, 0) is 28.9 Å². The number of hydrogen-bond donors (Lipinski definition) is 6. The minimum Gasteiger partial charge on any atom is -0.370 e. The molecule has 0 atom stereocenters. The normalized spacial score (nSPS) is 11.3. The van der Waals surface area contributed by atoms with Gasteiger partial charge in [-0.25, -0.2) is 19.9 Å². The lowest BCUT2D eigenvalue weighted by Crippen LogP contribution is -2.31. The van der Waals surface area contributed by atoms with Gasteiger partial charge < -0.3 is 33.6 Å². The van der Waals surface area contributed by atoms with Crippen LogP contribution in [0.3, 0.4) is 0 Å². The molecule has 4 aromatic carbocycles. The van der Waals surface area contributed by atoms with Gasteiger partial charge in [-0.05, 0) is 66.1 Å². The minimum atomic E-state index is -4.83. The first-order valence-corrected chi connectivity index (χ1v) is 17.3. The zero-order valence-electron chi connectivity index (χ0n) is 29.2. The van der Waals surface area contributed by atoms with Gasteiger partial charge in [-0.15, -0.1) is 0 Å². The molecule has 0 saturated heterocycles. The molecule has 2 heterocycles. The highest BCUT2D eigenvalue weighted by Gasteiger charge is 2.35. The van der Waals surface area contributed by atoms with Crippen LogP contribution >= 0.6 is 23.2 Å². The van der Waals surface area contributed by atoms with E-state index in [-0.39, 0.29) is 69.7 Å². The minimum absolute atomic E-state index is 0.0717. The monoisotopic (exact) mass is 802 g/mol. The summed E-state index contributed by atoms with van der Waals surface area (Å²) in [5, 5.41) is 6.84. The number of hydrogen-bond acceptors (Lipinski definition) is 8. The molecule has 2 aromatic heterocycles. The summed E-state index contributed by atoms with van der Waals surface area (Å²) in [5.41, 5.74) is 24.4. The summed E-state index contributed by atoms with van der Waals surface area (Å²) in [6, 6.07) is 18.6. The van der Waals surface area contributed by atoms with Crippen molar-refractivity contribution in [3.05, 3.63) is 105 Å². The predicted octanol–water partition coefficient (Wildman–Crippen LogP) is 5.67. The van der Waals surface area contributed by atoms with E-state index in [2.05, 4.69) is 40.6 Å². The molecule has 6 aromatic rings. The Morgan fingerprint density at radius 2 is 1.12 bits per heavy atom. The quantitative estimate of drug-likeness (QED) is 0.0563. The molecule has 0 saturated carbocycles. The van der Waals surface area contributed by atoms with Crippen molar-refractivity contribution < 1.29 is 22.8 Å². The van der Waals surface area contributed by atoms with E-state index < -0.39 is 30.0 Å². The van der Waals surface area contributed by atoms with Crippen LogP contribution in [0.5, 0.6) is 0 Å².